The number of hydrogen-bond donors (Lipinski definition) is 1. The molecule has 132 valence electrons. The Morgan fingerprint density at radius 2 is 1.75 bits per heavy atom. The Labute approximate surface area is 140 Å². The number of nitrogens with one attached hydrogen (secondary N) is 1. The van der Waals surface area contributed by atoms with E-state index in [4.69, 9.17) is 9.47 Å². The van der Waals surface area contributed by atoms with Gasteiger partial charge in [-0.15, -0.1) is 0 Å². The molecule has 1 N–H and O–H groups in total. The second-order valence-electron chi connectivity index (χ2n) is 5.65. The molecular formula is C15H20N2O6S. The molecule has 2 fully saturated rings. The largest absolute Gasteiger partial charge is 0.453 e. The van der Waals surface area contributed by atoms with Gasteiger partial charge in [0.15, 0.2) is 5.79 Å². The normalized spacial score (nSPS) is 20.9. The van der Waals surface area contributed by atoms with Gasteiger partial charge < -0.3 is 14.2 Å². The van der Waals surface area contributed by atoms with Crippen molar-refractivity contribution in [3.05, 3.63) is 24.3 Å². The van der Waals surface area contributed by atoms with Gasteiger partial charge in [0, 0.05) is 31.6 Å². The van der Waals surface area contributed by atoms with Crippen molar-refractivity contribution in [3.63, 3.8) is 0 Å². The quantitative estimate of drug-likeness (QED) is 0.880. The highest BCUT2D eigenvalue weighted by Gasteiger charge is 2.42. The Morgan fingerprint density at radius 1 is 1.17 bits per heavy atom. The van der Waals surface area contributed by atoms with Gasteiger partial charge in [-0.25, -0.2) is 13.2 Å². The molecule has 0 bridgehead atoms. The van der Waals surface area contributed by atoms with Crippen LogP contribution in [-0.2, 0) is 24.2 Å². The number of benzene rings is 1. The highest BCUT2D eigenvalue weighted by molar-refractivity contribution is 7.89. The summed E-state index contributed by atoms with van der Waals surface area (Å²) in [5, 5.41) is 2.48. The van der Waals surface area contributed by atoms with E-state index in [9.17, 15) is 13.2 Å². The summed E-state index contributed by atoms with van der Waals surface area (Å²) in [5.74, 6) is -0.611. The van der Waals surface area contributed by atoms with Crippen LogP contribution in [0.1, 0.15) is 12.8 Å². The smallest absolute Gasteiger partial charge is 0.411 e. The third-order valence-electron chi connectivity index (χ3n) is 4.22. The predicted molar refractivity (Wildman–Crippen MR) is 85.1 cm³/mol. The molecule has 2 saturated heterocycles. The zero-order chi connectivity index (χ0) is 17.2. The van der Waals surface area contributed by atoms with Crippen LogP contribution in [0.15, 0.2) is 29.2 Å². The SMILES string of the molecule is COC(=O)Nc1ccc(S(=O)(=O)N2CCC3(CC2)OCCO3)cc1. The molecule has 24 heavy (non-hydrogen) atoms. The molecule has 3 rings (SSSR count). The summed E-state index contributed by atoms with van der Waals surface area (Å²) in [6.45, 7) is 1.82. The summed E-state index contributed by atoms with van der Waals surface area (Å²) in [6.07, 6.45) is 0.436. The van der Waals surface area contributed by atoms with Gasteiger partial charge in [0.25, 0.3) is 0 Å². The summed E-state index contributed by atoms with van der Waals surface area (Å²) >= 11 is 0. The van der Waals surface area contributed by atoms with Crippen molar-refractivity contribution in [1.29, 1.82) is 0 Å². The molecular weight excluding hydrogens is 336 g/mol. The van der Waals surface area contributed by atoms with E-state index in [-0.39, 0.29) is 4.90 Å². The van der Waals surface area contributed by atoms with E-state index in [0.717, 1.165) is 0 Å². The minimum atomic E-state index is -3.58. The van der Waals surface area contributed by atoms with Gasteiger partial charge >= 0.3 is 6.09 Å². The maximum absolute atomic E-state index is 12.7. The van der Waals surface area contributed by atoms with E-state index in [1.807, 2.05) is 0 Å². The highest BCUT2D eigenvalue weighted by atomic mass is 32.2. The summed E-state index contributed by atoms with van der Waals surface area (Å²) in [6, 6.07) is 5.98. The van der Waals surface area contributed by atoms with Crippen LogP contribution in [0.4, 0.5) is 10.5 Å². The molecule has 1 aromatic carbocycles. The van der Waals surface area contributed by atoms with E-state index >= 15 is 0 Å². The second-order valence-corrected chi connectivity index (χ2v) is 7.59. The average molecular weight is 356 g/mol. The van der Waals surface area contributed by atoms with Crippen LogP contribution in [0, 0.1) is 0 Å². The van der Waals surface area contributed by atoms with Gasteiger partial charge in [0.1, 0.15) is 0 Å². The fraction of sp³-hybridized carbons (Fsp3) is 0.533. The Balaban J connectivity index is 1.68. The van der Waals surface area contributed by atoms with Crippen molar-refractivity contribution in [3.8, 4) is 0 Å². The Morgan fingerprint density at radius 3 is 2.29 bits per heavy atom. The number of amides is 1. The van der Waals surface area contributed by atoms with Gasteiger partial charge in [0.2, 0.25) is 10.0 Å². The van der Waals surface area contributed by atoms with Crippen molar-refractivity contribution >= 4 is 21.8 Å². The van der Waals surface area contributed by atoms with Crippen LogP contribution < -0.4 is 5.32 Å². The molecule has 0 unspecified atom stereocenters. The van der Waals surface area contributed by atoms with Crippen molar-refractivity contribution in [2.75, 3.05) is 38.7 Å². The van der Waals surface area contributed by atoms with Gasteiger partial charge in [0.05, 0.1) is 25.2 Å². The number of methoxy groups -OCH3 is 1. The van der Waals surface area contributed by atoms with E-state index in [2.05, 4.69) is 10.1 Å². The fourth-order valence-electron chi connectivity index (χ4n) is 2.88. The lowest BCUT2D eigenvalue weighted by atomic mass is 10.1. The molecule has 8 nitrogen and oxygen atoms in total. The van der Waals surface area contributed by atoms with Gasteiger partial charge in [-0.2, -0.15) is 4.31 Å². The highest BCUT2D eigenvalue weighted by Crippen LogP contribution is 2.33. The zero-order valence-electron chi connectivity index (χ0n) is 13.4. The van der Waals surface area contributed by atoms with Crippen LogP contribution in [0.25, 0.3) is 0 Å². The van der Waals surface area contributed by atoms with E-state index < -0.39 is 21.9 Å². The van der Waals surface area contributed by atoms with Crippen LogP contribution in [0.2, 0.25) is 0 Å². The van der Waals surface area contributed by atoms with Crippen molar-refractivity contribution in [2.24, 2.45) is 0 Å². The lowest BCUT2D eigenvalue weighted by Crippen LogP contribution is -2.47. The molecule has 0 aliphatic carbocycles. The molecule has 1 spiro atoms. The monoisotopic (exact) mass is 356 g/mol. The fourth-order valence-corrected chi connectivity index (χ4v) is 4.32. The topological polar surface area (TPSA) is 94.2 Å². The van der Waals surface area contributed by atoms with Crippen LogP contribution >= 0.6 is 0 Å². The van der Waals surface area contributed by atoms with Gasteiger partial charge in [-0.05, 0) is 24.3 Å². The minimum absolute atomic E-state index is 0.183. The summed E-state index contributed by atoms with van der Waals surface area (Å²) in [7, 11) is -2.32. The summed E-state index contributed by atoms with van der Waals surface area (Å²) in [4.78, 5) is 11.3. The number of hydrogen-bond acceptors (Lipinski definition) is 6. The molecule has 0 aromatic heterocycles. The zero-order valence-corrected chi connectivity index (χ0v) is 14.2. The van der Waals surface area contributed by atoms with Crippen LogP contribution in [0.3, 0.4) is 0 Å². The van der Waals surface area contributed by atoms with Crippen molar-refractivity contribution in [2.45, 2.75) is 23.5 Å². The first kappa shape index (κ1) is 17.2. The van der Waals surface area contributed by atoms with E-state index in [0.29, 0.717) is 44.8 Å². The first-order valence-electron chi connectivity index (χ1n) is 7.68. The third-order valence-corrected chi connectivity index (χ3v) is 6.13. The molecule has 1 aromatic rings. The van der Waals surface area contributed by atoms with E-state index in [1.54, 1.807) is 0 Å². The maximum Gasteiger partial charge on any atom is 0.411 e. The lowest BCUT2D eigenvalue weighted by Gasteiger charge is -2.36. The van der Waals surface area contributed by atoms with Crippen LogP contribution in [-0.4, -0.2) is 58.0 Å². The number of anilines is 1. The molecule has 2 heterocycles. The predicted octanol–water partition coefficient (Wildman–Crippen LogP) is 1.39. The number of ether oxygens (including phenoxy) is 3. The first-order chi connectivity index (χ1) is 11.5. The minimum Gasteiger partial charge on any atom is -0.453 e. The molecule has 0 radical (unpaired) electrons. The van der Waals surface area contributed by atoms with Crippen molar-refractivity contribution in [1.82, 2.24) is 4.31 Å². The molecule has 2 aliphatic rings. The first-order valence-corrected chi connectivity index (χ1v) is 9.12. The molecule has 9 heteroatoms. The summed E-state index contributed by atoms with van der Waals surface area (Å²) < 4.78 is 42.6. The maximum atomic E-state index is 12.7. The average Bonchev–Trinajstić information content (AvgIpc) is 3.03. The van der Waals surface area contributed by atoms with E-state index in [1.165, 1.54) is 35.7 Å². The second kappa shape index (κ2) is 6.67. The molecule has 2 aliphatic heterocycles. The van der Waals surface area contributed by atoms with Gasteiger partial charge in [-0.1, -0.05) is 0 Å². The number of carbonyl (C=O) groups excluding carboxylic acids is 1. The molecule has 0 atom stereocenters. The Kier molecular flexibility index (Phi) is 4.77. The third kappa shape index (κ3) is 3.39. The number of nitrogens with zero attached hydrogens (tertiary/aromatic N) is 1. The Bertz CT molecular complexity index is 687. The molecule has 1 amide bonds. The number of rotatable bonds is 3. The van der Waals surface area contributed by atoms with Crippen molar-refractivity contribution < 1.29 is 27.4 Å². The molecule has 0 saturated carbocycles. The standard InChI is InChI=1S/C15H20N2O6S/c1-21-14(18)16-12-2-4-13(5-3-12)24(19,20)17-8-6-15(7-9-17)22-10-11-23-15/h2-5H,6-11H2,1H3,(H,16,18). The number of carbonyl (C=O) groups is 1. The lowest BCUT2D eigenvalue weighted by molar-refractivity contribution is -0.179. The number of sulfonamides is 1. The van der Waals surface area contributed by atoms with Gasteiger partial charge in [-0.3, -0.25) is 5.32 Å². The van der Waals surface area contributed by atoms with Crippen LogP contribution in [0.5, 0.6) is 0 Å². The number of piperidine rings is 1. The Hall–Kier alpha value is -1.68. The summed E-state index contributed by atoms with van der Waals surface area (Å²) in [5.41, 5.74) is 0.464.